The van der Waals surface area contributed by atoms with E-state index in [4.69, 9.17) is 5.73 Å². The van der Waals surface area contributed by atoms with Crippen LogP contribution in [0.4, 0.5) is 13.2 Å². The molecule has 1 aliphatic rings. The zero-order valence-corrected chi connectivity index (χ0v) is 8.85. The molecule has 0 spiro atoms. The van der Waals surface area contributed by atoms with Crippen LogP contribution in [0, 0.1) is 11.6 Å². The quantitative estimate of drug-likeness (QED) is 0.787. The number of halogens is 3. The fourth-order valence-corrected chi connectivity index (χ4v) is 2.36. The molecule has 2 atom stereocenters. The molecule has 1 aromatic carbocycles. The second-order valence-corrected chi connectivity index (χ2v) is 4.45. The summed E-state index contributed by atoms with van der Waals surface area (Å²) in [5.74, 6) is -1.51. The van der Waals surface area contributed by atoms with Crippen LogP contribution in [0.15, 0.2) is 18.2 Å². The molecule has 1 nitrogen and oxygen atoms in total. The molecule has 16 heavy (non-hydrogen) atoms. The number of rotatable bonds is 1. The monoisotopic (exact) mass is 229 g/mol. The van der Waals surface area contributed by atoms with Crippen molar-refractivity contribution in [2.24, 2.45) is 5.73 Å². The van der Waals surface area contributed by atoms with Gasteiger partial charge in [-0.25, -0.2) is 13.2 Å². The first-order chi connectivity index (χ1) is 7.51. The van der Waals surface area contributed by atoms with Crippen molar-refractivity contribution < 1.29 is 13.2 Å². The van der Waals surface area contributed by atoms with Crippen molar-refractivity contribution in [3.8, 4) is 0 Å². The van der Waals surface area contributed by atoms with Crippen LogP contribution >= 0.6 is 0 Å². The summed E-state index contributed by atoms with van der Waals surface area (Å²) >= 11 is 0. The van der Waals surface area contributed by atoms with E-state index < -0.39 is 17.3 Å². The van der Waals surface area contributed by atoms with E-state index in [2.05, 4.69) is 0 Å². The normalized spacial score (nSPS) is 30.4. The van der Waals surface area contributed by atoms with E-state index in [0.717, 1.165) is 18.6 Å². The fourth-order valence-electron chi connectivity index (χ4n) is 2.36. The molecule has 0 bridgehead atoms. The molecule has 0 radical (unpaired) electrons. The molecule has 1 saturated carbocycles. The smallest absolute Gasteiger partial charge is 0.140 e. The van der Waals surface area contributed by atoms with Crippen molar-refractivity contribution >= 4 is 0 Å². The first-order valence-electron chi connectivity index (χ1n) is 5.41. The van der Waals surface area contributed by atoms with Gasteiger partial charge in [-0.2, -0.15) is 0 Å². The minimum atomic E-state index is -1.74. The average Bonchev–Trinajstić information content (AvgIpc) is 2.16. The highest BCUT2D eigenvalue weighted by molar-refractivity contribution is 5.26. The highest BCUT2D eigenvalue weighted by Gasteiger charge is 2.38. The summed E-state index contributed by atoms with van der Waals surface area (Å²) in [5, 5.41) is 0. The van der Waals surface area contributed by atoms with E-state index in [-0.39, 0.29) is 24.4 Å². The highest BCUT2D eigenvalue weighted by Crippen LogP contribution is 2.41. The standard InChI is InChI=1S/C12H14F3N/c13-8-3-4-10(11(14)6-8)12(15)5-1-2-9(16)7-12/h3-4,6,9H,1-2,5,7,16H2. The maximum absolute atomic E-state index is 14.5. The Bertz CT molecular complexity index is 394. The highest BCUT2D eigenvalue weighted by atomic mass is 19.2. The largest absolute Gasteiger partial charge is 0.328 e. The molecule has 1 fully saturated rings. The maximum Gasteiger partial charge on any atom is 0.140 e. The Morgan fingerprint density at radius 2 is 2.06 bits per heavy atom. The van der Waals surface area contributed by atoms with Crippen LogP contribution in [0.25, 0.3) is 0 Å². The zero-order chi connectivity index (χ0) is 11.8. The molecule has 88 valence electrons. The Kier molecular flexibility index (Phi) is 2.93. The van der Waals surface area contributed by atoms with Gasteiger partial charge in [0.2, 0.25) is 0 Å². The minimum absolute atomic E-state index is 0.0657. The molecule has 2 N–H and O–H groups in total. The molecular weight excluding hydrogens is 215 g/mol. The second-order valence-electron chi connectivity index (χ2n) is 4.45. The predicted molar refractivity (Wildman–Crippen MR) is 55.6 cm³/mol. The van der Waals surface area contributed by atoms with Crippen LogP contribution in [-0.4, -0.2) is 6.04 Å². The molecule has 0 saturated heterocycles. The topological polar surface area (TPSA) is 26.0 Å². The van der Waals surface area contributed by atoms with Gasteiger partial charge < -0.3 is 5.73 Å². The Morgan fingerprint density at radius 3 is 2.69 bits per heavy atom. The lowest BCUT2D eigenvalue weighted by Crippen LogP contribution is -2.36. The number of nitrogens with two attached hydrogens (primary N) is 1. The molecule has 2 unspecified atom stereocenters. The maximum atomic E-state index is 14.5. The number of alkyl halides is 1. The third-order valence-electron chi connectivity index (χ3n) is 3.15. The Labute approximate surface area is 92.5 Å². The Morgan fingerprint density at radius 1 is 1.31 bits per heavy atom. The molecular formula is C12H14F3N. The second kappa shape index (κ2) is 4.09. The molecule has 2 rings (SSSR count). The van der Waals surface area contributed by atoms with Crippen molar-refractivity contribution in [3.63, 3.8) is 0 Å². The lowest BCUT2D eigenvalue weighted by atomic mass is 9.79. The molecule has 0 aromatic heterocycles. The van der Waals surface area contributed by atoms with E-state index >= 15 is 0 Å². The van der Waals surface area contributed by atoms with Gasteiger partial charge in [0.15, 0.2) is 0 Å². The average molecular weight is 229 g/mol. The minimum Gasteiger partial charge on any atom is -0.328 e. The van der Waals surface area contributed by atoms with E-state index in [1.807, 2.05) is 0 Å². The lowest BCUT2D eigenvalue weighted by molar-refractivity contribution is 0.0903. The van der Waals surface area contributed by atoms with Crippen LogP contribution in [0.5, 0.6) is 0 Å². The summed E-state index contributed by atoms with van der Waals surface area (Å²) in [4.78, 5) is 0. The first kappa shape index (κ1) is 11.5. The van der Waals surface area contributed by atoms with E-state index in [1.165, 1.54) is 6.07 Å². The summed E-state index contributed by atoms with van der Waals surface area (Å²) in [5.41, 5.74) is 3.88. The Hall–Kier alpha value is -1.03. The molecule has 0 aliphatic heterocycles. The van der Waals surface area contributed by atoms with Gasteiger partial charge in [0, 0.05) is 24.1 Å². The summed E-state index contributed by atoms with van der Waals surface area (Å²) in [6.45, 7) is 0. The van der Waals surface area contributed by atoms with E-state index in [9.17, 15) is 13.2 Å². The number of benzene rings is 1. The van der Waals surface area contributed by atoms with Crippen molar-refractivity contribution in [1.29, 1.82) is 0 Å². The van der Waals surface area contributed by atoms with Crippen LogP contribution in [0.2, 0.25) is 0 Å². The third-order valence-corrected chi connectivity index (χ3v) is 3.15. The van der Waals surface area contributed by atoms with Gasteiger partial charge in [-0.15, -0.1) is 0 Å². The molecule has 4 heteroatoms. The summed E-state index contributed by atoms with van der Waals surface area (Å²) in [6.07, 6.45) is 1.75. The summed E-state index contributed by atoms with van der Waals surface area (Å²) in [7, 11) is 0. The van der Waals surface area contributed by atoms with Crippen LogP contribution in [-0.2, 0) is 5.67 Å². The van der Waals surface area contributed by atoms with Crippen molar-refractivity contribution in [3.05, 3.63) is 35.4 Å². The van der Waals surface area contributed by atoms with Gasteiger partial charge in [0.05, 0.1) is 0 Å². The van der Waals surface area contributed by atoms with E-state index in [0.29, 0.717) is 6.42 Å². The van der Waals surface area contributed by atoms with E-state index in [1.54, 1.807) is 0 Å². The molecule has 1 aromatic rings. The van der Waals surface area contributed by atoms with Gasteiger partial charge in [-0.05, 0) is 31.4 Å². The van der Waals surface area contributed by atoms with Crippen LogP contribution in [0.3, 0.4) is 0 Å². The molecule has 0 amide bonds. The fraction of sp³-hybridized carbons (Fsp3) is 0.500. The first-order valence-corrected chi connectivity index (χ1v) is 5.41. The number of hydrogen-bond acceptors (Lipinski definition) is 1. The van der Waals surface area contributed by atoms with Gasteiger partial charge in [0.25, 0.3) is 0 Å². The Balaban J connectivity index is 2.34. The third kappa shape index (κ3) is 2.07. The van der Waals surface area contributed by atoms with Crippen molar-refractivity contribution in [2.45, 2.75) is 37.4 Å². The zero-order valence-electron chi connectivity index (χ0n) is 8.85. The van der Waals surface area contributed by atoms with Crippen LogP contribution < -0.4 is 5.73 Å². The summed E-state index contributed by atoms with van der Waals surface area (Å²) in [6, 6.07) is 2.74. The SMILES string of the molecule is NC1CCCC(F)(c2ccc(F)cc2F)C1. The van der Waals surface area contributed by atoms with Crippen LogP contribution in [0.1, 0.15) is 31.2 Å². The molecule has 1 aliphatic carbocycles. The number of hydrogen-bond donors (Lipinski definition) is 1. The van der Waals surface area contributed by atoms with Gasteiger partial charge >= 0.3 is 0 Å². The van der Waals surface area contributed by atoms with Gasteiger partial charge in [0.1, 0.15) is 17.3 Å². The van der Waals surface area contributed by atoms with Crippen molar-refractivity contribution in [1.82, 2.24) is 0 Å². The molecule has 0 heterocycles. The predicted octanol–water partition coefficient (Wildman–Crippen LogP) is 3.03. The summed E-state index contributed by atoms with van der Waals surface area (Å²) < 4.78 is 40.7. The lowest BCUT2D eigenvalue weighted by Gasteiger charge is -2.33. The van der Waals surface area contributed by atoms with Gasteiger partial charge in [-0.3, -0.25) is 0 Å². The van der Waals surface area contributed by atoms with Gasteiger partial charge in [-0.1, -0.05) is 0 Å². The van der Waals surface area contributed by atoms with Crippen molar-refractivity contribution in [2.75, 3.05) is 0 Å².